The van der Waals surface area contributed by atoms with Gasteiger partial charge in [-0.1, -0.05) is 18.2 Å². The molecule has 2 rings (SSSR count). The monoisotopic (exact) mass is 267 g/mol. The largest absolute Gasteiger partial charge is 0.313 e. The van der Waals surface area contributed by atoms with Gasteiger partial charge in [-0.25, -0.2) is 0 Å². The molecular formula is C14H18ClNS. The van der Waals surface area contributed by atoms with Gasteiger partial charge in [0, 0.05) is 16.6 Å². The van der Waals surface area contributed by atoms with Crippen LogP contribution in [0.15, 0.2) is 29.6 Å². The Morgan fingerprint density at radius 3 is 3.00 bits per heavy atom. The highest BCUT2D eigenvalue weighted by atomic mass is 35.5. The van der Waals surface area contributed by atoms with E-state index in [1.54, 1.807) is 0 Å². The summed E-state index contributed by atoms with van der Waals surface area (Å²) in [6.07, 6.45) is 2.23. The van der Waals surface area contributed by atoms with Crippen LogP contribution in [-0.4, -0.2) is 11.9 Å². The summed E-state index contributed by atoms with van der Waals surface area (Å²) < 4.78 is 1.37. The van der Waals surface area contributed by atoms with Crippen molar-refractivity contribution in [1.29, 1.82) is 0 Å². The Morgan fingerprint density at radius 1 is 1.35 bits per heavy atom. The highest BCUT2D eigenvalue weighted by Crippen LogP contribution is 2.25. The second-order valence-electron chi connectivity index (χ2n) is 4.36. The molecule has 17 heavy (non-hydrogen) atoms. The van der Waals surface area contributed by atoms with Crippen LogP contribution in [0.25, 0.3) is 10.1 Å². The van der Waals surface area contributed by atoms with Gasteiger partial charge in [-0.15, -0.1) is 22.9 Å². The zero-order valence-corrected chi connectivity index (χ0v) is 11.7. The molecule has 1 aromatic heterocycles. The maximum Gasteiger partial charge on any atom is 0.0346 e. The SMILES string of the molecule is CC(Cl)CCCNCc1csc2ccccc12. The van der Waals surface area contributed by atoms with E-state index in [1.165, 1.54) is 15.6 Å². The van der Waals surface area contributed by atoms with Crippen LogP contribution < -0.4 is 5.32 Å². The summed E-state index contributed by atoms with van der Waals surface area (Å²) in [7, 11) is 0. The van der Waals surface area contributed by atoms with E-state index >= 15 is 0 Å². The average molecular weight is 268 g/mol. The molecule has 92 valence electrons. The normalized spacial score (nSPS) is 13.1. The first-order valence-corrected chi connectivity index (χ1v) is 7.39. The zero-order valence-electron chi connectivity index (χ0n) is 10.1. The topological polar surface area (TPSA) is 12.0 Å². The maximum atomic E-state index is 5.91. The minimum atomic E-state index is 0.291. The van der Waals surface area contributed by atoms with Gasteiger partial charge in [0.2, 0.25) is 0 Å². The van der Waals surface area contributed by atoms with Crippen molar-refractivity contribution in [3.63, 3.8) is 0 Å². The number of hydrogen-bond donors (Lipinski definition) is 1. The Bertz CT molecular complexity index is 464. The molecule has 1 aromatic carbocycles. The summed E-state index contributed by atoms with van der Waals surface area (Å²) in [5, 5.41) is 7.41. The molecule has 0 bridgehead atoms. The predicted molar refractivity (Wildman–Crippen MR) is 78.1 cm³/mol. The number of rotatable bonds is 6. The van der Waals surface area contributed by atoms with Crippen molar-refractivity contribution in [2.24, 2.45) is 0 Å². The maximum absolute atomic E-state index is 5.91. The molecule has 0 saturated carbocycles. The van der Waals surface area contributed by atoms with Gasteiger partial charge >= 0.3 is 0 Å². The van der Waals surface area contributed by atoms with Gasteiger partial charge in [-0.3, -0.25) is 0 Å². The molecule has 0 aliphatic rings. The van der Waals surface area contributed by atoms with E-state index in [2.05, 4.69) is 35.0 Å². The predicted octanol–water partition coefficient (Wildman–Crippen LogP) is 4.40. The lowest BCUT2D eigenvalue weighted by Crippen LogP contribution is -2.15. The number of halogens is 1. The minimum Gasteiger partial charge on any atom is -0.313 e. The summed E-state index contributed by atoms with van der Waals surface area (Å²) in [4.78, 5) is 0. The van der Waals surface area contributed by atoms with E-state index in [0.29, 0.717) is 5.38 Å². The molecule has 0 aliphatic heterocycles. The molecule has 1 N–H and O–H groups in total. The Labute approximate surface area is 112 Å². The molecule has 0 radical (unpaired) electrons. The van der Waals surface area contributed by atoms with E-state index in [0.717, 1.165) is 25.9 Å². The first-order chi connectivity index (χ1) is 8.27. The van der Waals surface area contributed by atoms with Crippen LogP contribution in [0.3, 0.4) is 0 Å². The molecule has 0 spiro atoms. The van der Waals surface area contributed by atoms with Crippen LogP contribution in [-0.2, 0) is 6.54 Å². The van der Waals surface area contributed by atoms with Crippen LogP contribution in [0.1, 0.15) is 25.3 Å². The van der Waals surface area contributed by atoms with Gasteiger partial charge in [-0.05, 0) is 48.7 Å². The number of thiophene rings is 1. The first kappa shape index (κ1) is 12.9. The molecule has 0 amide bonds. The van der Waals surface area contributed by atoms with Crippen molar-refractivity contribution in [3.8, 4) is 0 Å². The van der Waals surface area contributed by atoms with Crippen LogP contribution >= 0.6 is 22.9 Å². The van der Waals surface area contributed by atoms with E-state index in [4.69, 9.17) is 11.6 Å². The fraction of sp³-hybridized carbons (Fsp3) is 0.429. The first-order valence-electron chi connectivity index (χ1n) is 6.07. The summed E-state index contributed by atoms with van der Waals surface area (Å²) >= 11 is 7.73. The van der Waals surface area contributed by atoms with Gasteiger partial charge in [-0.2, -0.15) is 0 Å². The standard InChI is InChI=1S/C14H18ClNS/c1-11(15)5-4-8-16-9-12-10-17-14-7-3-2-6-13(12)14/h2-3,6-7,10-11,16H,4-5,8-9H2,1H3. The van der Waals surface area contributed by atoms with Crippen molar-refractivity contribution in [2.45, 2.75) is 31.7 Å². The van der Waals surface area contributed by atoms with Gasteiger partial charge < -0.3 is 5.32 Å². The van der Waals surface area contributed by atoms with Crippen LogP contribution in [0.4, 0.5) is 0 Å². The fourth-order valence-corrected chi connectivity index (χ4v) is 3.02. The molecule has 0 fully saturated rings. The van der Waals surface area contributed by atoms with Crippen molar-refractivity contribution in [2.75, 3.05) is 6.54 Å². The lowest BCUT2D eigenvalue weighted by molar-refractivity contribution is 0.621. The molecular weight excluding hydrogens is 250 g/mol. The number of fused-ring (bicyclic) bond motifs is 1. The smallest absolute Gasteiger partial charge is 0.0346 e. The fourth-order valence-electron chi connectivity index (χ4n) is 1.90. The Kier molecular flexibility index (Phi) is 4.84. The van der Waals surface area contributed by atoms with Gasteiger partial charge in [0.1, 0.15) is 0 Å². The van der Waals surface area contributed by atoms with Crippen molar-refractivity contribution in [3.05, 3.63) is 35.2 Å². The Balaban J connectivity index is 1.83. The molecule has 1 nitrogen and oxygen atoms in total. The third-order valence-corrected chi connectivity index (χ3v) is 4.06. The summed E-state index contributed by atoms with van der Waals surface area (Å²) in [5.41, 5.74) is 1.41. The molecule has 0 aliphatic carbocycles. The molecule has 0 saturated heterocycles. The van der Waals surface area contributed by atoms with E-state index in [-0.39, 0.29) is 0 Å². The molecule has 3 heteroatoms. The van der Waals surface area contributed by atoms with Gasteiger partial charge in [0.15, 0.2) is 0 Å². The molecule has 1 atom stereocenters. The summed E-state index contributed by atoms with van der Waals surface area (Å²) in [6, 6.07) is 8.58. The van der Waals surface area contributed by atoms with Gasteiger partial charge in [0.25, 0.3) is 0 Å². The highest BCUT2D eigenvalue weighted by molar-refractivity contribution is 7.17. The summed E-state index contributed by atoms with van der Waals surface area (Å²) in [6.45, 7) is 4.05. The Morgan fingerprint density at radius 2 is 2.18 bits per heavy atom. The minimum absolute atomic E-state index is 0.291. The highest BCUT2D eigenvalue weighted by Gasteiger charge is 2.02. The molecule has 1 unspecified atom stereocenters. The number of alkyl halides is 1. The van der Waals surface area contributed by atoms with Crippen LogP contribution in [0.2, 0.25) is 0 Å². The van der Waals surface area contributed by atoms with Crippen LogP contribution in [0.5, 0.6) is 0 Å². The third kappa shape index (κ3) is 3.70. The van der Waals surface area contributed by atoms with E-state index < -0.39 is 0 Å². The number of nitrogens with one attached hydrogen (secondary N) is 1. The van der Waals surface area contributed by atoms with Crippen molar-refractivity contribution in [1.82, 2.24) is 5.32 Å². The second-order valence-corrected chi connectivity index (χ2v) is 6.01. The Hall–Kier alpha value is -0.570. The molecule has 2 aromatic rings. The summed E-state index contributed by atoms with van der Waals surface area (Å²) in [5.74, 6) is 0. The zero-order chi connectivity index (χ0) is 12.1. The lowest BCUT2D eigenvalue weighted by atomic mass is 10.2. The van der Waals surface area contributed by atoms with Gasteiger partial charge in [0.05, 0.1) is 0 Å². The molecule has 1 heterocycles. The van der Waals surface area contributed by atoms with Crippen molar-refractivity contribution < 1.29 is 0 Å². The van der Waals surface area contributed by atoms with Crippen molar-refractivity contribution >= 4 is 33.0 Å². The van der Waals surface area contributed by atoms with E-state index in [1.807, 2.05) is 18.3 Å². The van der Waals surface area contributed by atoms with E-state index in [9.17, 15) is 0 Å². The lowest BCUT2D eigenvalue weighted by Gasteiger charge is -2.05. The number of hydrogen-bond acceptors (Lipinski definition) is 2. The van der Waals surface area contributed by atoms with Crippen LogP contribution in [0, 0.1) is 0 Å². The quantitative estimate of drug-likeness (QED) is 0.604. The average Bonchev–Trinajstić information content (AvgIpc) is 2.72. The third-order valence-electron chi connectivity index (χ3n) is 2.83. The number of benzene rings is 1. The second kappa shape index (κ2) is 6.39.